The molecule has 0 aliphatic carbocycles. The Hall–Kier alpha value is -2.42. The van der Waals surface area contributed by atoms with Crippen molar-refractivity contribution in [2.45, 2.75) is 6.92 Å². The second kappa shape index (κ2) is 4.35. The summed E-state index contributed by atoms with van der Waals surface area (Å²) in [5.74, 6) is 1.17. The Morgan fingerprint density at radius 1 is 1.11 bits per heavy atom. The number of aryl methyl sites for hydroxylation is 1. The summed E-state index contributed by atoms with van der Waals surface area (Å²) in [6.45, 7) is 2.04. The van der Waals surface area contributed by atoms with Gasteiger partial charge < -0.3 is 14.3 Å². The van der Waals surface area contributed by atoms with E-state index in [9.17, 15) is 5.11 Å². The normalized spacial score (nSPS) is 10.8. The van der Waals surface area contributed by atoms with Crippen LogP contribution in [0.25, 0.3) is 22.3 Å². The van der Waals surface area contributed by atoms with Crippen molar-refractivity contribution in [2.75, 3.05) is 7.11 Å². The molecule has 0 spiro atoms. The van der Waals surface area contributed by atoms with E-state index < -0.39 is 0 Å². The Morgan fingerprint density at radius 3 is 2.74 bits per heavy atom. The first-order chi connectivity index (χ1) is 9.19. The molecule has 19 heavy (non-hydrogen) atoms. The van der Waals surface area contributed by atoms with E-state index in [1.807, 2.05) is 37.3 Å². The minimum Gasteiger partial charge on any atom is -0.504 e. The molecule has 0 fully saturated rings. The second-order valence-electron chi connectivity index (χ2n) is 4.51. The Bertz CT molecular complexity index is 741. The van der Waals surface area contributed by atoms with Crippen LogP contribution in [0.3, 0.4) is 0 Å². The van der Waals surface area contributed by atoms with Crippen LogP contribution in [0.5, 0.6) is 11.5 Å². The van der Waals surface area contributed by atoms with Crippen LogP contribution in [0.15, 0.2) is 46.9 Å². The summed E-state index contributed by atoms with van der Waals surface area (Å²) < 4.78 is 10.9. The highest BCUT2D eigenvalue weighted by Crippen LogP contribution is 2.39. The van der Waals surface area contributed by atoms with Crippen LogP contribution in [0.1, 0.15) is 5.56 Å². The van der Waals surface area contributed by atoms with Gasteiger partial charge in [-0.05, 0) is 37.3 Å². The lowest BCUT2D eigenvalue weighted by atomic mass is 10.1. The Labute approximate surface area is 111 Å². The highest BCUT2D eigenvalue weighted by Gasteiger charge is 2.13. The van der Waals surface area contributed by atoms with Crippen molar-refractivity contribution in [3.63, 3.8) is 0 Å². The predicted molar refractivity (Wildman–Crippen MR) is 74.6 cm³/mol. The number of phenolic OH excluding ortho intramolecular Hbond substituents is 1. The molecule has 3 rings (SSSR count). The maximum atomic E-state index is 10.1. The number of hydrogen-bond acceptors (Lipinski definition) is 3. The van der Waals surface area contributed by atoms with Crippen LogP contribution in [-0.2, 0) is 0 Å². The summed E-state index contributed by atoms with van der Waals surface area (Å²) in [4.78, 5) is 0. The Balaban J connectivity index is 2.19. The smallest absolute Gasteiger partial charge is 0.168 e. The van der Waals surface area contributed by atoms with E-state index in [0.29, 0.717) is 17.1 Å². The molecule has 3 aromatic rings. The number of aromatic hydroxyl groups is 1. The first-order valence-electron chi connectivity index (χ1n) is 6.05. The maximum Gasteiger partial charge on any atom is 0.168 e. The number of rotatable bonds is 2. The third-order valence-electron chi connectivity index (χ3n) is 3.16. The summed E-state index contributed by atoms with van der Waals surface area (Å²) in [6.07, 6.45) is 0. The molecule has 3 nitrogen and oxygen atoms in total. The van der Waals surface area contributed by atoms with Gasteiger partial charge in [0.2, 0.25) is 0 Å². The first kappa shape index (κ1) is 11.7. The molecule has 1 aromatic heterocycles. The number of hydrogen-bond donors (Lipinski definition) is 1. The van der Waals surface area contributed by atoms with Crippen LogP contribution in [0.2, 0.25) is 0 Å². The van der Waals surface area contributed by atoms with Crippen molar-refractivity contribution < 1.29 is 14.3 Å². The summed E-state index contributed by atoms with van der Waals surface area (Å²) in [5.41, 5.74) is 2.62. The molecule has 2 aromatic carbocycles. The molecule has 96 valence electrons. The highest BCUT2D eigenvalue weighted by molar-refractivity contribution is 5.85. The molecular formula is C16H14O3. The molecule has 3 heteroatoms. The lowest BCUT2D eigenvalue weighted by molar-refractivity contribution is 0.374. The molecule has 0 saturated heterocycles. The van der Waals surface area contributed by atoms with E-state index in [2.05, 4.69) is 6.07 Å². The summed E-state index contributed by atoms with van der Waals surface area (Å²) >= 11 is 0. The summed E-state index contributed by atoms with van der Waals surface area (Å²) in [6, 6.07) is 13.3. The van der Waals surface area contributed by atoms with Gasteiger partial charge in [0.15, 0.2) is 11.5 Å². The average molecular weight is 254 g/mol. The lowest BCUT2D eigenvalue weighted by Crippen LogP contribution is -1.85. The molecule has 0 aliphatic heterocycles. The predicted octanol–water partition coefficient (Wildman–Crippen LogP) is 4.12. The zero-order chi connectivity index (χ0) is 13.4. The van der Waals surface area contributed by atoms with E-state index in [-0.39, 0.29) is 5.75 Å². The number of ether oxygens (including phenoxy) is 1. The molecular weight excluding hydrogens is 240 g/mol. The molecule has 0 amide bonds. The van der Waals surface area contributed by atoms with Gasteiger partial charge in [-0.1, -0.05) is 17.7 Å². The van der Waals surface area contributed by atoms with Crippen molar-refractivity contribution in [1.29, 1.82) is 0 Å². The summed E-state index contributed by atoms with van der Waals surface area (Å²) in [5, 5.41) is 11.2. The zero-order valence-corrected chi connectivity index (χ0v) is 10.8. The number of methoxy groups -OCH3 is 1. The van der Waals surface area contributed by atoms with Crippen LogP contribution in [0.4, 0.5) is 0 Å². The first-order valence-corrected chi connectivity index (χ1v) is 6.05. The van der Waals surface area contributed by atoms with Gasteiger partial charge in [0, 0.05) is 5.39 Å². The number of para-hydroxylation sites is 1. The monoisotopic (exact) mass is 254 g/mol. The van der Waals surface area contributed by atoms with Gasteiger partial charge in [-0.15, -0.1) is 0 Å². The van der Waals surface area contributed by atoms with Crippen LogP contribution in [-0.4, -0.2) is 12.2 Å². The Morgan fingerprint density at radius 2 is 1.95 bits per heavy atom. The quantitative estimate of drug-likeness (QED) is 0.748. The van der Waals surface area contributed by atoms with E-state index in [4.69, 9.17) is 9.15 Å². The number of fused-ring (bicyclic) bond motifs is 1. The van der Waals surface area contributed by atoms with Crippen molar-refractivity contribution in [2.24, 2.45) is 0 Å². The molecule has 0 saturated carbocycles. The van der Waals surface area contributed by atoms with Gasteiger partial charge in [-0.3, -0.25) is 0 Å². The van der Waals surface area contributed by atoms with Crippen molar-refractivity contribution in [1.82, 2.24) is 0 Å². The number of benzene rings is 2. The minimum atomic E-state index is 0.0979. The van der Waals surface area contributed by atoms with Crippen LogP contribution < -0.4 is 4.74 Å². The fourth-order valence-corrected chi connectivity index (χ4v) is 2.18. The summed E-state index contributed by atoms with van der Waals surface area (Å²) in [7, 11) is 1.53. The molecule has 1 heterocycles. The van der Waals surface area contributed by atoms with Crippen molar-refractivity contribution in [3.8, 4) is 22.8 Å². The highest BCUT2D eigenvalue weighted by atomic mass is 16.5. The third kappa shape index (κ3) is 1.93. The molecule has 0 aliphatic rings. The fraction of sp³-hybridized carbons (Fsp3) is 0.125. The molecule has 0 atom stereocenters. The average Bonchev–Trinajstić information content (AvgIpc) is 2.81. The number of phenols is 1. The van der Waals surface area contributed by atoms with Gasteiger partial charge in [-0.25, -0.2) is 0 Å². The van der Waals surface area contributed by atoms with Gasteiger partial charge in [0.05, 0.1) is 12.7 Å². The van der Waals surface area contributed by atoms with Crippen LogP contribution >= 0.6 is 0 Å². The van der Waals surface area contributed by atoms with Crippen molar-refractivity contribution in [3.05, 3.63) is 48.0 Å². The SMILES string of the molecule is COc1cccc(-c2cc3cc(C)ccc3o2)c1O. The van der Waals surface area contributed by atoms with E-state index in [1.54, 1.807) is 6.07 Å². The van der Waals surface area contributed by atoms with Gasteiger partial charge in [0.1, 0.15) is 11.3 Å². The molecule has 0 radical (unpaired) electrons. The minimum absolute atomic E-state index is 0.0979. The molecule has 0 bridgehead atoms. The largest absolute Gasteiger partial charge is 0.504 e. The van der Waals surface area contributed by atoms with Gasteiger partial charge in [-0.2, -0.15) is 0 Å². The lowest BCUT2D eigenvalue weighted by Gasteiger charge is -2.06. The fourth-order valence-electron chi connectivity index (χ4n) is 2.18. The van der Waals surface area contributed by atoms with Crippen molar-refractivity contribution >= 4 is 11.0 Å². The van der Waals surface area contributed by atoms with E-state index >= 15 is 0 Å². The Kier molecular flexibility index (Phi) is 2.67. The maximum absolute atomic E-state index is 10.1. The third-order valence-corrected chi connectivity index (χ3v) is 3.16. The van der Waals surface area contributed by atoms with Crippen LogP contribution in [0, 0.1) is 6.92 Å². The molecule has 1 N–H and O–H groups in total. The zero-order valence-electron chi connectivity index (χ0n) is 10.8. The topological polar surface area (TPSA) is 42.6 Å². The number of furan rings is 1. The van der Waals surface area contributed by atoms with Gasteiger partial charge >= 0.3 is 0 Å². The standard InChI is InChI=1S/C16H14O3/c1-10-6-7-13-11(8-10)9-15(19-13)12-4-3-5-14(18-2)16(12)17/h3-9,17H,1-2H3. The van der Waals surface area contributed by atoms with E-state index in [1.165, 1.54) is 12.7 Å². The second-order valence-corrected chi connectivity index (χ2v) is 4.51. The molecule has 0 unspecified atom stereocenters. The van der Waals surface area contributed by atoms with Gasteiger partial charge in [0.25, 0.3) is 0 Å². The van der Waals surface area contributed by atoms with E-state index in [0.717, 1.165) is 11.0 Å².